The Hall–Kier alpha value is -0.900. The lowest BCUT2D eigenvalue weighted by molar-refractivity contribution is 0.0117. The summed E-state index contributed by atoms with van der Waals surface area (Å²) in [5.41, 5.74) is 5.52. The summed E-state index contributed by atoms with van der Waals surface area (Å²) in [5.74, 6) is 5.65. The van der Waals surface area contributed by atoms with Gasteiger partial charge in [0.2, 0.25) is 0 Å². The van der Waals surface area contributed by atoms with Gasteiger partial charge in [-0.05, 0) is 51.2 Å². The number of benzene rings is 1. The molecule has 0 heterocycles. The molecule has 3 heteroatoms. The van der Waals surface area contributed by atoms with E-state index in [1.165, 1.54) is 11.1 Å². The number of aryl methyl sites for hydroxylation is 1. The van der Waals surface area contributed by atoms with E-state index in [2.05, 4.69) is 50.5 Å². The Balaban J connectivity index is 2.55. The van der Waals surface area contributed by atoms with Crippen LogP contribution < -0.4 is 11.3 Å². The highest BCUT2D eigenvalue weighted by Crippen LogP contribution is 2.19. The van der Waals surface area contributed by atoms with E-state index in [-0.39, 0.29) is 5.60 Å². The van der Waals surface area contributed by atoms with Gasteiger partial charge in [-0.25, -0.2) is 0 Å². The highest BCUT2D eigenvalue weighted by atomic mass is 16.5. The SMILES string of the molecule is COC(C)(C)CCC(Cc1ccccc1C)NN. The second-order valence-electron chi connectivity index (χ2n) is 5.50. The van der Waals surface area contributed by atoms with E-state index in [9.17, 15) is 0 Å². The molecule has 1 unspecified atom stereocenters. The van der Waals surface area contributed by atoms with Gasteiger partial charge in [-0.15, -0.1) is 0 Å². The van der Waals surface area contributed by atoms with Crippen molar-refractivity contribution >= 4 is 0 Å². The van der Waals surface area contributed by atoms with Crippen LogP contribution in [0.2, 0.25) is 0 Å². The number of ether oxygens (including phenoxy) is 1. The van der Waals surface area contributed by atoms with E-state index in [4.69, 9.17) is 10.6 Å². The van der Waals surface area contributed by atoms with Crippen LogP contribution in [0.5, 0.6) is 0 Å². The highest BCUT2D eigenvalue weighted by Gasteiger charge is 2.19. The van der Waals surface area contributed by atoms with Crippen LogP contribution in [0.3, 0.4) is 0 Å². The van der Waals surface area contributed by atoms with Crippen LogP contribution >= 0.6 is 0 Å². The third-order valence-corrected chi connectivity index (χ3v) is 3.61. The first-order chi connectivity index (χ1) is 8.48. The fraction of sp³-hybridized carbons (Fsp3) is 0.600. The van der Waals surface area contributed by atoms with E-state index in [1.54, 1.807) is 7.11 Å². The lowest BCUT2D eigenvalue weighted by Gasteiger charge is -2.26. The molecule has 0 aliphatic heterocycles. The number of hydrogen-bond acceptors (Lipinski definition) is 3. The highest BCUT2D eigenvalue weighted by molar-refractivity contribution is 5.26. The average Bonchev–Trinajstić information content (AvgIpc) is 2.36. The van der Waals surface area contributed by atoms with Crippen molar-refractivity contribution in [3.8, 4) is 0 Å². The lowest BCUT2D eigenvalue weighted by Crippen LogP contribution is -2.38. The summed E-state index contributed by atoms with van der Waals surface area (Å²) in [7, 11) is 1.76. The molecule has 1 aromatic rings. The number of nitrogens with two attached hydrogens (primary N) is 1. The lowest BCUT2D eigenvalue weighted by atomic mass is 9.94. The molecule has 1 rings (SSSR count). The normalized spacial score (nSPS) is 13.6. The van der Waals surface area contributed by atoms with Crippen LogP contribution in [-0.2, 0) is 11.2 Å². The minimum absolute atomic E-state index is 0.0825. The van der Waals surface area contributed by atoms with Crippen molar-refractivity contribution in [3.63, 3.8) is 0 Å². The Labute approximate surface area is 111 Å². The molecule has 0 aliphatic rings. The number of rotatable bonds is 7. The third-order valence-electron chi connectivity index (χ3n) is 3.61. The van der Waals surface area contributed by atoms with Gasteiger partial charge in [0.05, 0.1) is 5.60 Å². The third kappa shape index (κ3) is 4.77. The van der Waals surface area contributed by atoms with Gasteiger partial charge in [-0.1, -0.05) is 24.3 Å². The molecular weight excluding hydrogens is 224 g/mol. The van der Waals surface area contributed by atoms with E-state index in [1.807, 2.05) is 0 Å². The van der Waals surface area contributed by atoms with Crippen LogP contribution in [0.4, 0.5) is 0 Å². The Morgan fingerprint density at radius 2 is 2.00 bits per heavy atom. The maximum Gasteiger partial charge on any atom is 0.0623 e. The topological polar surface area (TPSA) is 47.3 Å². The fourth-order valence-electron chi connectivity index (χ4n) is 1.97. The Kier molecular flexibility index (Phi) is 5.79. The van der Waals surface area contributed by atoms with Gasteiger partial charge in [0.1, 0.15) is 0 Å². The number of methoxy groups -OCH3 is 1. The van der Waals surface area contributed by atoms with Crippen molar-refractivity contribution in [2.75, 3.05) is 7.11 Å². The predicted octanol–water partition coefficient (Wildman–Crippen LogP) is 2.57. The van der Waals surface area contributed by atoms with Crippen LogP contribution in [0, 0.1) is 6.92 Å². The maximum absolute atomic E-state index is 5.65. The molecule has 0 fully saturated rings. The van der Waals surface area contributed by atoms with Crippen molar-refractivity contribution in [2.24, 2.45) is 5.84 Å². The molecule has 18 heavy (non-hydrogen) atoms. The summed E-state index contributed by atoms with van der Waals surface area (Å²) in [6.07, 6.45) is 2.96. The molecule has 0 saturated heterocycles. The number of hydrogen-bond donors (Lipinski definition) is 2. The van der Waals surface area contributed by atoms with Crippen molar-refractivity contribution in [3.05, 3.63) is 35.4 Å². The first-order valence-electron chi connectivity index (χ1n) is 6.54. The summed E-state index contributed by atoms with van der Waals surface area (Å²) < 4.78 is 5.44. The van der Waals surface area contributed by atoms with Gasteiger partial charge in [0.25, 0.3) is 0 Å². The molecule has 0 saturated carbocycles. The number of nitrogens with one attached hydrogen (secondary N) is 1. The minimum atomic E-state index is -0.0825. The van der Waals surface area contributed by atoms with E-state index < -0.39 is 0 Å². The van der Waals surface area contributed by atoms with Crippen LogP contribution in [0.1, 0.15) is 37.8 Å². The van der Waals surface area contributed by atoms with Gasteiger partial charge in [0.15, 0.2) is 0 Å². The molecule has 0 spiro atoms. The fourth-order valence-corrected chi connectivity index (χ4v) is 1.97. The second kappa shape index (κ2) is 6.88. The van der Waals surface area contributed by atoms with Crippen molar-refractivity contribution in [2.45, 2.75) is 51.7 Å². The Bertz CT molecular complexity index is 363. The molecule has 1 atom stereocenters. The summed E-state index contributed by atoms with van der Waals surface area (Å²) in [6.45, 7) is 6.35. The van der Waals surface area contributed by atoms with Gasteiger partial charge >= 0.3 is 0 Å². The number of hydrazine groups is 1. The molecule has 3 nitrogen and oxygen atoms in total. The Morgan fingerprint density at radius 3 is 2.56 bits per heavy atom. The summed E-state index contributed by atoms with van der Waals surface area (Å²) >= 11 is 0. The zero-order valence-corrected chi connectivity index (χ0v) is 12.0. The van der Waals surface area contributed by atoms with Gasteiger partial charge in [-0.3, -0.25) is 11.3 Å². The molecule has 0 radical (unpaired) electrons. The van der Waals surface area contributed by atoms with Gasteiger partial charge < -0.3 is 4.74 Å². The molecule has 0 aliphatic carbocycles. The first kappa shape index (κ1) is 15.2. The molecule has 0 bridgehead atoms. The molecule has 3 N–H and O–H groups in total. The summed E-state index contributed by atoms with van der Waals surface area (Å²) in [5, 5.41) is 0. The van der Waals surface area contributed by atoms with Gasteiger partial charge in [-0.2, -0.15) is 0 Å². The predicted molar refractivity (Wildman–Crippen MR) is 76.3 cm³/mol. The van der Waals surface area contributed by atoms with Crippen LogP contribution in [0.25, 0.3) is 0 Å². The van der Waals surface area contributed by atoms with E-state index >= 15 is 0 Å². The zero-order valence-electron chi connectivity index (χ0n) is 12.0. The molecule has 1 aromatic carbocycles. The van der Waals surface area contributed by atoms with E-state index in [0.29, 0.717) is 6.04 Å². The smallest absolute Gasteiger partial charge is 0.0623 e. The van der Waals surface area contributed by atoms with Crippen molar-refractivity contribution in [1.82, 2.24) is 5.43 Å². The Morgan fingerprint density at radius 1 is 1.33 bits per heavy atom. The van der Waals surface area contributed by atoms with Crippen LogP contribution in [0.15, 0.2) is 24.3 Å². The largest absolute Gasteiger partial charge is 0.379 e. The standard InChI is InChI=1S/C15H26N2O/c1-12-7-5-6-8-13(12)11-14(17-16)9-10-15(2,3)18-4/h5-8,14,17H,9-11,16H2,1-4H3. The maximum atomic E-state index is 5.65. The molecule has 0 aromatic heterocycles. The summed E-state index contributed by atoms with van der Waals surface area (Å²) in [6, 6.07) is 8.75. The quantitative estimate of drug-likeness (QED) is 0.577. The van der Waals surface area contributed by atoms with E-state index in [0.717, 1.165) is 19.3 Å². The minimum Gasteiger partial charge on any atom is -0.379 e. The van der Waals surface area contributed by atoms with Crippen LogP contribution in [-0.4, -0.2) is 18.8 Å². The van der Waals surface area contributed by atoms with Crippen molar-refractivity contribution in [1.29, 1.82) is 0 Å². The molecular formula is C15H26N2O. The monoisotopic (exact) mass is 250 g/mol. The van der Waals surface area contributed by atoms with Crippen molar-refractivity contribution < 1.29 is 4.74 Å². The average molecular weight is 250 g/mol. The molecule has 102 valence electrons. The van der Waals surface area contributed by atoms with Gasteiger partial charge in [0, 0.05) is 13.2 Å². The first-order valence-corrected chi connectivity index (χ1v) is 6.54. The second-order valence-corrected chi connectivity index (χ2v) is 5.50. The molecule has 0 amide bonds. The zero-order chi connectivity index (χ0) is 13.6. The summed E-state index contributed by atoms with van der Waals surface area (Å²) in [4.78, 5) is 0.